The highest BCUT2D eigenvalue weighted by Crippen LogP contribution is 2.72. The van der Waals surface area contributed by atoms with Crippen molar-refractivity contribution in [2.75, 3.05) is 25.5 Å². The molecule has 0 bridgehead atoms. The molecular formula is C26H28F4N4O2. The van der Waals surface area contributed by atoms with Crippen molar-refractivity contribution in [3.63, 3.8) is 0 Å². The first-order chi connectivity index (χ1) is 17.0. The molecule has 2 aromatic rings. The van der Waals surface area contributed by atoms with Gasteiger partial charge in [-0.3, -0.25) is 9.59 Å². The average molecular weight is 505 g/mol. The van der Waals surface area contributed by atoms with Gasteiger partial charge in [0.05, 0.1) is 22.9 Å². The summed E-state index contributed by atoms with van der Waals surface area (Å²) in [7, 11) is 2.06. The number of anilines is 1. The molecule has 4 fully saturated rings. The summed E-state index contributed by atoms with van der Waals surface area (Å²) in [6.45, 7) is 3.33. The fourth-order valence-electron chi connectivity index (χ4n) is 6.10. The number of likely N-dealkylation sites (tertiary alicyclic amines) is 1. The van der Waals surface area contributed by atoms with Crippen molar-refractivity contribution in [3.05, 3.63) is 63.3 Å². The van der Waals surface area contributed by atoms with E-state index in [4.69, 9.17) is 0 Å². The number of halogens is 4. The lowest BCUT2D eigenvalue weighted by atomic mass is 10.0. The minimum Gasteiger partial charge on any atom is -0.381 e. The largest absolute Gasteiger partial charge is 0.419 e. The van der Waals surface area contributed by atoms with Gasteiger partial charge in [-0.05, 0) is 56.6 Å². The Balaban J connectivity index is 1.28. The Morgan fingerprint density at radius 3 is 2.50 bits per heavy atom. The van der Waals surface area contributed by atoms with E-state index in [1.165, 1.54) is 19.1 Å². The Kier molecular flexibility index (Phi) is 5.10. The minimum atomic E-state index is -4.84. The SMILES string of the molecule is C[C@@H](NC(=O)c1cn([C@H]2CC23CC3)c(=O)cc1N[C@H]1[C@@H]2CN(C)C[C@@H]21)c1cccc(C(F)(F)F)c1F. The highest BCUT2D eigenvalue weighted by Gasteiger charge is 2.64. The molecule has 1 amide bonds. The zero-order valence-electron chi connectivity index (χ0n) is 20.0. The van der Waals surface area contributed by atoms with Crippen molar-refractivity contribution in [2.24, 2.45) is 17.3 Å². The van der Waals surface area contributed by atoms with E-state index < -0.39 is 29.5 Å². The van der Waals surface area contributed by atoms with E-state index in [0.29, 0.717) is 23.6 Å². The molecule has 0 unspecified atom stereocenters. The van der Waals surface area contributed by atoms with Gasteiger partial charge in [-0.1, -0.05) is 12.1 Å². The highest BCUT2D eigenvalue weighted by molar-refractivity contribution is 5.99. The maximum absolute atomic E-state index is 14.7. The van der Waals surface area contributed by atoms with Crippen molar-refractivity contribution in [1.29, 1.82) is 0 Å². The molecule has 1 spiro atoms. The number of hydrogen-bond acceptors (Lipinski definition) is 4. The van der Waals surface area contributed by atoms with E-state index in [-0.39, 0.29) is 34.2 Å². The Bertz CT molecular complexity index is 1290. The van der Waals surface area contributed by atoms with Crippen LogP contribution in [0.1, 0.15) is 59.8 Å². The Morgan fingerprint density at radius 1 is 1.19 bits per heavy atom. The van der Waals surface area contributed by atoms with Gasteiger partial charge in [0.15, 0.2) is 0 Å². The molecule has 5 atom stereocenters. The summed E-state index contributed by atoms with van der Waals surface area (Å²) in [6, 6.07) is 3.71. The first-order valence-electron chi connectivity index (χ1n) is 12.4. The monoisotopic (exact) mass is 504 g/mol. The van der Waals surface area contributed by atoms with Crippen LogP contribution in [-0.2, 0) is 6.18 Å². The smallest absolute Gasteiger partial charge is 0.381 e. The van der Waals surface area contributed by atoms with Crippen LogP contribution in [0.15, 0.2) is 35.3 Å². The molecule has 192 valence electrons. The van der Waals surface area contributed by atoms with Crippen molar-refractivity contribution >= 4 is 11.6 Å². The van der Waals surface area contributed by atoms with Crippen molar-refractivity contribution in [1.82, 2.24) is 14.8 Å². The van der Waals surface area contributed by atoms with Crippen LogP contribution < -0.4 is 16.2 Å². The number of piperidine rings is 1. The number of carbonyl (C=O) groups is 1. The van der Waals surface area contributed by atoms with E-state index in [0.717, 1.165) is 38.4 Å². The van der Waals surface area contributed by atoms with Gasteiger partial charge in [-0.15, -0.1) is 0 Å². The van der Waals surface area contributed by atoms with Crippen LogP contribution >= 0.6 is 0 Å². The second-order valence-corrected chi connectivity index (χ2v) is 11.0. The number of amides is 1. The van der Waals surface area contributed by atoms with Crippen molar-refractivity contribution < 1.29 is 22.4 Å². The van der Waals surface area contributed by atoms with E-state index in [1.54, 1.807) is 10.8 Å². The second-order valence-electron chi connectivity index (χ2n) is 11.0. The van der Waals surface area contributed by atoms with Crippen molar-refractivity contribution in [3.8, 4) is 0 Å². The third-order valence-corrected chi connectivity index (χ3v) is 8.55. The standard InChI is InChI=1S/C26H28F4N4O2/c1-13(14-4-3-5-18(22(14)27)26(28,29)30)31-24(36)17-12-34(20-9-25(20)6-7-25)21(35)8-19(17)32-23-15-10-33(2)11-16(15)23/h3-5,8,12-13,15-16,20,23,32H,6-7,9-11H2,1-2H3,(H,31,36)/t13-,15-,16+,20+,23+/m1/s1. The number of pyridine rings is 1. The average Bonchev–Trinajstić information content (AvgIpc) is 3.76. The van der Waals surface area contributed by atoms with Crippen LogP contribution in [0.25, 0.3) is 0 Å². The zero-order valence-corrected chi connectivity index (χ0v) is 20.0. The van der Waals surface area contributed by atoms with E-state index in [2.05, 4.69) is 22.6 Å². The van der Waals surface area contributed by atoms with Gasteiger partial charge in [-0.2, -0.15) is 13.2 Å². The van der Waals surface area contributed by atoms with Crippen LogP contribution in [-0.4, -0.2) is 41.6 Å². The van der Waals surface area contributed by atoms with Crippen LogP contribution in [0, 0.1) is 23.1 Å². The summed E-state index contributed by atoms with van der Waals surface area (Å²) in [4.78, 5) is 28.6. The normalized spacial score (nSPS) is 28.5. The van der Waals surface area contributed by atoms with Crippen LogP contribution in [0.3, 0.4) is 0 Å². The summed E-state index contributed by atoms with van der Waals surface area (Å²) in [5.41, 5.74) is -0.958. The van der Waals surface area contributed by atoms with Gasteiger partial charge in [0, 0.05) is 43.0 Å². The molecular weight excluding hydrogens is 476 g/mol. The number of hydrogen-bond donors (Lipinski definition) is 2. The van der Waals surface area contributed by atoms with Gasteiger partial charge in [0.1, 0.15) is 5.82 Å². The van der Waals surface area contributed by atoms with Gasteiger partial charge in [0.25, 0.3) is 11.5 Å². The summed E-state index contributed by atoms with van der Waals surface area (Å²) >= 11 is 0. The first kappa shape index (κ1) is 23.5. The van der Waals surface area contributed by atoms with Crippen molar-refractivity contribution in [2.45, 2.75) is 50.5 Å². The number of nitrogens with one attached hydrogen (secondary N) is 2. The molecule has 3 saturated carbocycles. The summed E-state index contributed by atoms with van der Waals surface area (Å²) in [5, 5.41) is 6.04. The molecule has 3 aliphatic carbocycles. The van der Waals surface area contributed by atoms with E-state index >= 15 is 0 Å². The minimum absolute atomic E-state index is 0.0675. The second kappa shape index (κ2) is 7.81. The van der Waals surface area contributed by atoms with E-state index in [9.17, 15) is 27.2 Å². The number of nitrogens with zero attached hydrogens (tertiary/aromatic N) is 2. The first-order valence-corrected chi connectivity index (χ1v) is 12.4. The lowest BCUT2D eigenvalue weighted by Crippen LogP contribution is -2.32. The van der Waals surface area contributed by atoms with Gasteiger partial charge >= 0.3 is 6.18 Å². The molecule has 2 heterocycles. The number of carbonyl (C=O) groups excluding carboxylic acids is 1. The molecule has 6 nitrogen and oxygen atoms in total. The van der Waals surface area contributed by atoms with Crippen LogP contribution in [0.5, 0.6) is 0 Å². The van der Waals surface area contributed by atoms with E-state index in [1.807, 2.05) is 0 Å². The Labute approximate surface area is 205 Å². The molecule has 6 rings (SSSR count). The molecule has 0 radical (unpaired) electrons. The number of aromatic nitrogens is 1. The number of benzene rings is 1. The predicted molar refractivity (Wildman–Crippen MR) is 125 cm³/mol. The lowest BCUT2D eigenvalue weighted by molar-refractivity contribution is -0.140. The molecule has 36 heavy (non-hydrogen) atoms. The maximum atomic E-state index is 14.7. The van der Waals surface area contributed by atoms with Gasteiger partial charge < -0.3 is 20.1 Å². The Hall–Kier alpha value is -2.88. The van der Waals surface area contributed by atoms with Gasteiger partial charge in [0.2, 0.25) is 0 Å². The molecule has 1 aromatic heterocycles. The molecule has 1 aliphatic heterocycles. The lowest BCUT2D eigenvalue weighted by Gasteiger charge is -2.21. The molecule has 1 aromatic carbocycles. The third kappa shape index (κ3) is 3.90. The fraction of sp³-hybridized carbons (Fsp3) is 0.538. The third-order valence-electron chi connectivity index (χ3n) is 8.55. The quantitative estimate of drug-likeness (QED) is 0.579. The molecule has 4 aliphatic rings. The molecule has 1 saturated heterocycles. The number of fused-ring (bicyclic) bond motifs is 1. The van der Waals surface area contributed by atoms with Crippen LogP contribution in [0.2, 0.25) is 0 Å². The summed E-state index contributed by atoms with van der Waals surface area (Å²) in [5.74, 6) is -1.07. The molecule has 10 heteroatoms. The predicted octanol–water partition coefficient (Wildman–Crippen LogP) is 4.19. The maximum Gasteiger partial charge on any atom is 0.419 e. The summed E-state index contributed by atoms with van der Waals surface area (Å²) in [6.07, 6.45) is -0.230. The highest BCUT2D eigenvalue weighted by atomic mass is 19.4. The zero-order chi connectivity index (χ0) is 25.6. The van der Waals surface area contributed by atoms with Gasteiger partial charge in [-0.25, -0.2) is 4.39 Å². The summed E-state index contributed by atoms with van der Waals surface area (Å²) < 4.78 is 55.8. The fourth-order valence-corrected chi connectivity index (χ4v) is 6.10. The number of rotatable bonds is 6. The Morgan fingerprint density at radius 2 is 1.89 bits per heavy atom. The topological polar surface area (TPSA) is 66.4 Å². The number of alkyl halides is 3. The van der Waals surface area contributed by atoms with Crippen LogP contribution in [0.4, 0.5) is 23.2 Å². The molecule has 2 N–H and O–H groups in total.